The first-order valence-electron chi connectivity index (χ1n) is 4.21. The summed E-state index contributed by atoms with van der Waals surface area (Å²) >= 11 is -0.0327. The van der Waals surface area contributed by atoms with Crippen LogP contribution in [0, 0.1) is 11.6 Å². The topological polar surface area (TPSA) is 9.23 Å². The zero-order chi connectivity index (χ0) is 10.7. The van der Waals surface area contributed by atoms with Crippen molar-refractivity contribution < 1.29 is 13.5 Å². The van der Waals surface area contributed by atoms with E-state index in [1.165, 1.54) is 12.1 Å². The fourth-order valence-electron chi connectivity index (χ4n) is 1.05. The number of halogens is 3. The van der Waals surface area contributed by atoms with Gasteiger partial charge in [0.1, 0.15) is 5.76 Å². The molecule has 4 heteroatoms. The van der Waals surface area contributed by atoms with Gasteiger partial charge in [-0.2, -0.15) is 4.39 Å². The van der Waals surface area contributed by atoms with E-state index < -0.39 is 11.6 Å². The van der Waals surface area contributed by atoms with Crippen LogP contribution in [0.25, 0.3) is 0 Å². The molecule has 0 radical (unpaired) electrons. The molecule has 0 aromatic heterocycles. The van der Waals surface area contributed by atoms with Crippen molar-refractivity contribution in [1.29, 1.82) is 0 Å². The quantitative estimate of drug-likeness (QED) is 0.758. The SMILES string of the molecule is Fc1cccc(OC2=CC=IC=C2)c1F. The monoisotopic (exact) mass is 320 g/mol. The minimum Gasteiger partial charge on any atom is -0.454 e. The van der Waals surface area contributed by atoms with E-state index >= 15 is 0 Å². The third kappa shape index (κ3) is 2.50. The maximum atomic E-state index is 13.2. The predicted molar refractivity (Wildman–Crippen MR) is 64.3 cm³/mol. The molecular formula is C11H7F2IO. The maximum Gasteiger partial charge on any atom is 0.201 e. The molecule has 15 heavy (non-hydrogen) atoms. The fourth-order valence-corrected chi connectivity index (χ4v) is 2.42. The number of allylic oxidation sites excluding steroid dienone is 2. The number of rotatable bonds is 2. The Balaban J connectivity index is 2.25. The normalized spacial score (nSPS) is 14.4. The van der Waals surface area contributed by atoms with Crippen LogP contribution in [0.1, 0.15) is 0 Å². The summed E-state index contributed by atoms with van der Waals surface area (Å²) in [5.74, 6) is -1.40. The largest absolute Gasteiger partial charge is 0.454 e. The van der Waals surface area contributed by atoms with E-state index in [1.807, 2.05) is 8.09 Å². The predicted octanol–water partition coefficient (Wildman–Crippen LogP) is 3.53. The highest BCUT2D eigenvalue weighted by atomic mass is 127. The molecule has 1 aliphatic rings. The molecule has 0 spiro atoms. The van der Waals surface area contributed by atoms with E-state index in [2.05, 4.69) is 0 Å². The number of hydrogen-bond acceptors (Lipinski definition) is 1. The van der Waals surface area contributed by atoms with Gasteiger partial charge in [0.25, 0.3) is 0 Å². The fraction of sp³-hybridized carbons (Fsp3) is 0. The van der Waals surface area contributed by atoms with E-state index in [0.29, 0.717) is 5.76 Å². The lowest BCUT2D eigenvalue weighted by molar-refractivity contribution is 0.394. The van der Waals surface area contributed by atoms with Gasteiger partial charge >= 0.3 is 0 Å². The van der Waals surface area contributed by atoms with Gasteiger partial charge in [0.05, 0.1) is 0 Å². The molecule has 0 aliphatic carbocycles. The second kappa shape index (κ2) is 4.65. The Morgan fingerprint density at radius 3 is 2.80 bits per heavy atom. The second-order valence-corrected chi connectivity index (χ2v) is 4.93. The van der Waals surface area contributed by atoms with Crippen LogP contribution in [0.2, 0.25) is 0 Å². The van der Waals surface area contributed by atoms with Gasteiger partial charge in [-0.15, -0.1) is 0 Å². The van der Waals surface area contributed by atoms with Gasteiger partial charge in [0.2, 0.25) is 5.82 Å². The third-order valence-electron chi connectivity index (χ3n) is 1.74. The summed E-state index contributed by atoms with van der Waals surface area (Å²) in [7, 11) is 0. The van der Waals surface area contributed by atoms with Crippen molar-refractivity contribution in [3.8, 4) is 5.75 Å². The van der Waals surface area contributed by atoms with E-state index in [0.717, 1.165) is 6.07 Å². The number of hydrogen-bond donors (Lipinski definition) is 0. The molecule has 0 fully saturated rings. The highest BCUT2D eigenvalue weighted by molar-refractivity contribution is 14.2. The van der Waals surface area contributed by atoms with Crippen molar-refractivity contribution in [3.05, 3.63) is 51.8 Å². The molecule has 1 aromatic rings. The van der Waals surface area contributed by atoms with Crippen LogP contribution in [0.15, 0.2) is 40.2 Å². The Kier molecular flexibility index (Phi) is 3.25. The molecule has 2 rings (SSSR count). The highest BCUT2D eigenvalue weighted by Gasteiger charge is 2.09. The van der Waals surface area contributed by atoms with E-state index in [1.54, 1.807) is 12.2 Å². The van der Waals surface area contributed by atoms with Crippen molar-refractivity contribution in [2.45, 2.75) is 0 Å². The molecule has 0 N–H and O–H groups in total. The van der Waals surface area contributed by atoms with Gasteiger partial charge in [-0.05, 0) is 32.4 Å². The molecular weight excluding hydrogens is 313 g/mol. The summed E-state index contributed by atoms with van der Waals surface area (Å²) in [5, 5.41) is 0. The summed E-state index contributed by atoms with van der Waals surface area (Å²) < 4.78 is 35.2. The molecule has 1 aromatic carbocycles. The number of benzene rings is 1. The van der Waals surface area contributed by atoms with Crippen LogP contribution in [0.3, 0.4) is 0 Å². The molecule has 0 saturated heterocycles. The van der Waals surface area contributed by atoms with Crippen LogP contribution in [-0.4, -0.2) is 4.01 Å². The average molecular weight is 320 g/mol. The number of ether oxygens (including phenoxy) is 1. The van der Waals surface area contributed by atoms with Crippen molar-refractivity contribution in [2.24, 2.45) is 0 Å². The first-order chi connectivity index (χ1) is 7.27. The van der Waals surface area contributed by atoms with Crippen LogP contribution in [0.4, 0.5) is 8.78 Å². The van der Waals surface area contributed by atoms with Crippen molar-refractivity contribution in [3.63, 3.8) is 0 Å². The zero-order valence-electron chi connectivity index (χ0n) is 7.58. The first-order valence-corrected chi connectivity index (χ1v) is 6.70. The molecule has 78 valence electrons. The van der Waals surface area contributed by atoms with Gasteiger partial charge in [0, 0.05) is 0 Å². The Hall–Kier alpha value is -1.04. The Labute approximate surface area is 95.8 Å². The highest BCUT2D eigenvalue weighted by Crippen LogP contribution is 2.22. The maximum absolute atomic E-state index is 13.2. The molecule has 0 saturated carbocycles. The van der Waals surface area contributed by atoms with Crippen LogP contribution in [-0.2, 0) is 0 Å². The molecule has 1 heterocycles. The Morgan fingerprint density at radius 2 is 2.07 bits per heavy atom. The second-order valence-electron chi connectivity index (χ2n) is 2.77. The van der Waals surface area contributed by atoms with Crippen LogP contribution in [0.5, 0.6) is 5.75 Å². The van der Waals surface area contributed by atoms with Crippen molar-refractivity contribution in [1.82, 2.24) is 0 Å². The Morgan fingerprint density at radius 1 is 1.20 bits per heavy atom. The van der Waals surface area contributed by atoms with Gasteiger partial charge in [-0.3, -0.25) is 0 Å². The minimum absolute atomic E-state index is 0.0327. The lowest BCUT2D eigenvalue weighted by Gasteiger charge is -2.08. The van der Waals surface area contributed by atoms with Gasteiger partial charge < -0.3 is 4.74 Å². The summed E-state index contributed by atoms with van der Waals surface area (Å²) in [6.07, 6.45) is 3.55. The zero-order valence-corrected chi connectivity index (χ0v) is 9.74. The molecule has 0 amide bonds. The molecule has 0 atom stereocenters. The van der Waals surface area contributed by atoms with E-state index in [-0.39, 0.29) is 26.5 Å². The molecule has 1 aliphatic heterocycles. The summed E-state index contributed by atoms with van der Waals surface area (Å²) in [6, 6.07) is 3.87. The molecule has 0 bridgehead atoms. The van der Waals surface area contributed by atoms with Gasteiger partial charge in [-0.1, -0.05) is 26.8 Å². The molecule has 0 unspecified atom stereocenters. The minimum atomic E-state index is -0.952. The average Bonchev–Trinajstić information content (AvgIpc) is 2.26. The lowest BCUT2D eigenvalue weighted by Crippen LogP contribution is -1.97. The first kappa shape index (κ1) is 10.5. The summed E-state index contributed by atoms with van der Waals surface area (Å²) in [5.41, 5.74) is 0. The lowest BCUT2D eigenvalue weighted by atomic mass is 10.3. The van der Waals surface area contributed by atoms with Gasteiger partial charge in [0.15, 0.2) is 11.6 Å². The smallest absolute Gasteiger partial charge is 0.201 e. The van der Waals surface area contributed by atoms with E-state index in [4.69, 9.17) is 4.74 Å². The van der Waals surface area contributed by atoms with Crippen LogP contribution >= 0.6 is 20.7 Å². The van der Waals surface area contributed by atoms with E-state index in [9.17, 15) is 8.78 Å². The van der Waals surface area contributed by atoms with Crippen molar-refractivity contribution in [2.75, 3.05) is 0 Å². The Bertz CT molecular complexity index is 464. The summed E-state index contributed by atoms with van der Waals surface area (Å²) in [4.78, 5) is 0. The van der Waals surface area contributed by atoms with Crippen molar-refractivity contribution >= 4 is 24.7 Å². The molecule has 1 nitrogen and oxygen atoms in total. The van der Waals surface area contributed by atoms with Gasteiger partial charge in [-0.25, -0.2) is 4.39 Å². The van der Waals surface area contributed by atoms with Crippen LogP contribution < -0.4 is 4.74 Å². The summed E-state index contributed by atoms with van der Waals surface area (Å²) in [6.45, 7) is 0. The third-order valence-corrected chi connectivity index (χ3v) is 3.29. The standard InChI is InChI=1S/C11H7F2IO/c12-9-2-1-3-10(11(9)13)15-8-4-6-14-7-5-8/h1-7H.